The van der Waals surface area contributed by atoms with E-state index in [4.69, 9.17) is 16.6 Å². The Kier molecular flexibility index (Phi) is 4.81. The van der Waals surface area contributed by atoms with Gasteiger partial charge in [-0.1, -0.05) is 42.6 Å². The molecule has 1 amide bonds. The number of hydrogen-bond donors (Lipinski definition) is 0. The lowest BCUT2D eigenvalue weighted by atomic mass is 10.1. The van der Waals surface area contributed by atoms with Crippen LogP contribution in [0.3, 0.4) is 0 Å². The molecule has 1 saturated heterocycles. The Morgan fingerprint density at radius 3 is 2.75 bits per heavy atom. The van der Waals surface area contributed by atoms with Crippen LogP contribution in [0.1, 0.15) is 33.5 Å². The lowest BCUT2D eigenvalue weighted by molar-refractivity contribution is -0.122. The van der Waals surface area contributed by atoms with Gasteiger partial charge in [0.15, 0.2) is 0 Å². The first-order chi connectivity index (χ1) is 13.5. The first-order valence-corrected chi connectivity index (χ1v) is 10.8. The number of carbonyl (C=O) groups excluding carboxylic acids is 1. The summed E-state index contributed by atoms with van der Waals surface area (Å²) >= 11 is 5.74. The summed E-state index contributed by atoms with van der Waals surface area (Å²) in [5, 5.41) is 0. The number of amidine groups is 1. The van der Waals surface area contributed by atoms with Crippen molar-refractivity contribution in [3.63, 3.8) is 0 Å². The van der Waals surface area contributed by atoms with Gasteiger partial charge in [0.2, 0.25) is 0 Å². The standard InChI is InChI=1S/C19H15N3O2S2.C2H6/c1-11-5-6-16-20-12(2)14-8-15-17(23)22(10-13-4-3-7-24-13)19(25)26(15)18(14)21(16)9-11;1-2/h3-9H,10H2,1-2H3;1-2H3. The van der Waals surface area contributed by atoms with Gasteiger partial charge in [0.1, 0.15) is 15.9 Å². The highest BCUT2D eigenvalue weighted by Gasteiger charge is 2.44. The van der Waals surface area contributed by atoms with Crippen LogP contribution in [0.15, 0.2) is 74.0 Å². The van der Waals surface area contributed by atoms with E-state index in [0.717, 1.165) is 38.3 Å². The third-order valence-corrected chi connectivity index (χ3v) is 7.46. The van der Waals surface area contributed by atoms with Crippen molar-refractivity contribution in [3.8, 4) is 0 Å². The topological polar surface area (TPSA) is 49.1 Å². The summed E-state index contributed by atoms with van der Waals surface area (Å²) in [4.78, 5) is 23.3. The van der Waals surface area contributed by atoms with Crippen molar-refractivity contribution in [2.75, 3.05) is 0 Å². The van der Waals surface area contributed by atoms with Crippen LogP contribution in [0.2, 0.25) is 0 Å². The molecule has 0 spiro atoms. The minimum Gasteiger partial charge on any atom is -0.467 e. The number of amides is 1. The number of nitrogens with zero attached hydrogens (tertiary/aromatic N) is 3. The number of hydrogen-bond acceptors (Lipinski definition) is 5. The van der Waals surface area contributed by atoms with Gasteiger partial charge in [-0.05, 0) is 43.7 Å². The van der Waals surface area contributed by atoms with E-state index in [1.54, 1.807) is 11.2 Å². The molecule has 4 aliphatic rings. The molecule has 1 aromatic heterocycles. The van der Waals surface area contributed by atoms with Gasteiger partial charge in [0, 0.05) is 17.5 Å². The van der Waals surface area contributed by atoms with Crippen molar-refractivity contribution in [3.05, 3.63) is 70.3 Å². The van der Waals surface area contributed by atoms with Crippen LogP contribution in [0.25, 0.3) is 0 Å². The van der Waals surface area contributed by atoms with Crippen LogP contribution in [-0.2, 0) is 11.3 Å². The fourth-order valence-corrected chi connectivity index (χ4v) is 6.26. The Balaban J connectivity index is 0.000000932. The third kappa shape index (κ3) is 2.77. The highest BCUT2D eigenvalue weighted by atomic mass is 32.2. The van der Waals surface area contributed by atoms with Crippen molar-refractivity contribution >= 4 is 43.8 Å². The van der Waals surface area contributed by atoms with Crippen LogP contribution in [-0.4, -0.2) is 30.9 Å². The zero-order valence-corrected chi connectivity index (χ0v) is 17.9. The van der Waals surface area contributed by atoms with Gasteiger partial charge >= 0.3 is 0 Å². The summed E-state index contributed by atoms with van der Waals surface area (Å²) in [7, 11) is -0.552. The summed E-state index contributed by atoms with van der Waals surface area (Å²) in [6, 6.07) is 3.68. The Labute approximate surface area is 172 Å². The zero-order chi connectivity index (χ0) is 20.0. The highest BCUT2D eigenvalue weighted by molar-refractivity contribution is 8.39. The average Bonchev–Trinajstić information content (AvgIpc) is 3.39. The van der Waals surface area contributed by atoms with Crippen molar-refractivity contribution in [2.45, 2.75) is 34.2 Å². The minimum atomic E-state index is -0.552. The summed E-state index contributed by atoms with van der Waals surface area (Å²) in [6.45, 7) is 8.40. The van der Waals surface area contributed by atoms with E-state index < -0.39 is 10.5 Å². The van der Waals surface area contributed by atoms with Crippen LogP contribution < -0.4 is 0 Å². The molecule has 1 fully saturated rings. The molecule has 144 valence electrons. The normalized spacial score (nSPS) is 22.4. The van der Waals surface area contributed by atoms with Crippen LogP contribution >= 0.6 is 22.7 Å². The first-order valence-electron chi connectivity index (χ1n) is 9.21. The van der Waals surface area contributed by atoms with E-state index in [1.165, 1.54) is 0 Å². The maximum atomic E-state index is 13.0. The molecule has 0 radical (unpaired) electrons. The largest absolute Gasteiger partial charge is 0.467 e. The maximum absolute atomic E-state index is 13.0. The van der Waals surface area contributed by atoms with Crippen molar-refractivity contribution in [1.29, 1.82) is 0 Å². The first kappa shape index (κ1) is 18.8. The van der Waals surface area contributed by atoms with Gasteiger partial charge in [0.25, 0.3) is 5.91 Å². The monoisotopic (exact) mass is 411 g/mol. The molecule has 28 heavy (non-hydrogen) atoms. The van der Waals surface area contributed by atoms with Gasteiger partial charge < -0.3 is 4.42 Å². The molecule has 0 aromatic carbocycles. The molecular weight excluding hydrogens is 390 g/mol. The van der Waals surface area contributed by atoms with E-state index in [2.05, 4.69) is 16.1 Å². The predicted molar refractivity (Wildman–Crippen MR) is 119 cm³/mol. The van der Waals surface area contributed by atoms with Crippen LogP contribution in [0, 0.1) is 0 Å². The van der Waals surface area contributed by atoms with Gasteiger partial charge in [-0.3, -0.25) is 14.6 Å². The number of rotatable bonds is 2. The lowest BCUT2D eigenvalue weighted by Gasteiger charge is -2.31. The number of fused-ring (bicyclic) bond motifs is 4. The quantitative estimate of drug-likeness (QED) is 0.663. The fourth-order valence-electron chi connectivity index (χ4n) is 3.38. The Morgan fingerprint density at radius 1 is 1.25 bits per heavy atom. The van der Waals surface area contributed by atoms with Gasteiger partial charge in [-0.25, -0.2) is 4.99 Å². The summed E-state index contributed by atoms with van der Waals surface area (Å²) < 4.78 is 6.05. The molecule has 1 atom stereocenters. The third-order valence-electron chi connectivity index (χ3n) is 4.63. The summed E-state index contributed by atoms with van der Waals surface area (Å²) in [6.07, 6.45) is 9.68. The molecule has 0 N–H and O–H groups in total. The molecule has 0 aliphatic carbocycles. The second-order valence-electron chi connectivity index (χ2n) is 6.40. The van der Waals surface area contributed by atoms with Crippen molar-refractivity contribution in [2.24, 2.45) is 4.99 Å². The molecule has 5 rings (SSSR count). The van der Waals surface area contributed by atoms with Gasteiger partial charge in [-0.2, -0.15) is 0 Å². The minimum absolute atomic E-state index is 0.0354. The number of allylic oxidation sites excluding steroid dienone is 3. The zero-order valence-electron chi connectivity index (χ0n) is 16.2. The lowest BCUT2D eigenvalue weighted by Crippen LogP contribution is -2.37. The number of aliphatic imine (C=N–C) groups is 1. The highest BCUT2D eigenvalue weighted by Crippen LogP contribution is 2.48. The molecule has 1 unspecified atom stereocenters. The molecule has 4 aliphatic heterocycles. The maximum Gasteiger partial charge on any atom is 0.266 e. The second-order valence-corrected chi connectivity index (χ2v) is 8.87. The predicted octanol–water partition coefficient (Wildman–Crippen LogP) is 4.69. The SMILES string of the molecule is CC.CC1=CN2C(=NC(C)=C3C=C4C(=O)N(Cc5ccco5)C(=S)S4=C32)C=C1. The summed E-state index contributed by atoms with van der Waals surface area (Å²) in [5.74, 6) is 1.56. The van der Waals surface area contributed by atoms with Gasteiger partial charge in [-0.15, -0.1) is 0 Å². The fraction of sp³-hybridized carbons (Fsp3) is 0.238. The average molecular weight is 412 g/mol. The number of carbonyl (C=O) groups is 1. The van der Waals surface area contributed by atoms with Crippen molar-refractivity contribution < 1.29 is 9.21 Å². The molecule has 7 heteroatoms. The molecule has 5 heterocycles. The van der Waals surface area contributed by atoms with Crippen molar-refractivity contribution in [1.82, 2.24) is 9.80 Å². The smallest absolute Gasteiger partial charge is 0.266 e. The molecule has 1 aromatic rings. The van der Waals surface area contributed by atoms with Crippen LogP contribution in [0.5, 0.6) is 0 Å². The van der Waals surface area contributed by atoms with E-state index in [-0.39, 0.29) is 5.91 Å². The van der Waals surface area contributed by atoms with Gasteiger partial charge in [0.05, 0.1) is 22.7 Å². The molecule has 0 bridgehead atoms. The Bertz CT molecular complexity index is 1070. The van der Waals surface area contributed by atoms with E-state index in [0.29, 0.717) is 10.9 Å². The molecule has 0 saturated carbocycles. The molecular formula is C21H21N3O2S2. The summed E-state index contributed by atoms with van der Waals surface area (Å²) in [5.41, 5.74) is 3.07. The van der Waals surface area contributed by atoms with E-state index in [1.807, 2.05) is 58.1 Å². The Morgan fingerprint density at radius 2 is 2.04 bits per heavy atom. The van der Waals surface area contributed by atoms with E-state index in [9.17, 15) is 4.79 Å². The van der Waals surface area contributed by atoms with Crippen LogP contribution in [0.4, 0.5) is 0 Å². The number of thiocarbonyl (C=S) groups is 1. The number of furan rings is 1. The Hall–Kier alpha value is -2.51. The van der Waals surface area contributed by atoms with E-state index >= 15 is 0 Å². The molecule has 5 nitrogen and oxygen atoms in total. The second kappa shape index (κ2) is 7.14.